The highest BCUT2D eigenvalue weighted by Crippen LogP contribution is 2.34. The van der Waals surface area contributed by atoms with E-state index in [4.69, 9.17) is 11.6 Å². The molecule has 2 N–H and O–H groups in total. The van der Waals surface area contributed by atoms with E-state index in [0.29, 0.717) is 5.92 Å². The predicted molar refractivity (Wildman–Crippen MR) is 119 cm³/mol. The van der Waals surface area contributed by atoms with Crippen LogP contribution in [0, 0.1) is 6.92 Å². The monoisotopic (exact) mass is 404 g/mol. The number of hydrogen-bond donors (Lipinski definition) is 2. The highest BCUT2D eigenvalue weighted by atomic mass is 35.5. The number of likely N-dealkylation sites (tertiary alicyclic amines) is 1. The smallest absolute Gasteiger partial charge is 0.0695 e. The maximum Gasteiger partial charge on any atom is 0.0695 e. The number of aromatic amines is 2. The minimum absolute atomic E-state index is 0.628. The minimum atomic E-state index is 0.628. The van der Waals surface area contributed by atoms with Crippen LogP contribution in [0.1, 0.15) is 35.4 Å². The molecule has 3 heterocycles. The van der Waals surface area contributed by atoms with E-state index in [9.17, 15) is 0 Å². The van der Waals surface area contributed by atoms with E-state index in [1.165, 1.54) is 40.4 Å². The van der Waals surface area contributed by atoms with Crippen LogP contribution in [-0.2, 0) is 6.54 Å². The summed E-state index contributed by atoms with van der Waals surface area (Å²) in [5, 5.41) is 9.59. The number of aryl methyl sites for hydroxylation is 1. The first-order valence-electron chi connectivity index (χ1n) is 10.3. The fraction of sp³-hybridized carbons (Fsp3) is 0.292. The maximum atomic E-state index is 6.03. The SMILES string of the molecule is Cc1ccc2c(C3CCN(Cc4cn[nH]c4-c4ccc(Cl)cc4)CC3)c[nH]c2c1. The van der Waals surface area contributed by atoms with Gasteiger partial charge in [-0.1, -0.05) is 35.9 Å². The lowest BCUT2D eigenvalue weighted by molar-refractivity contribution is 0.205. The van der Waals surface area contributed by atoms with Gasteiger partial charge in [-0.2, -0.15) is 5.10 Å². The van der Waals surface area contributed by atoms with Gasteiger partial charge in [-0.15, -0.1) is 0 Å². The molecule has 2 aromatic carbocycles. The average molecular weight is 405 g/mol. The van der Waals surface area contributed by atoms with Gasteiger partial charge in [0.2, 0.25) is 0 Å². The lowest BCUT2D eigenvalue weighted by Gasteiger charge is -2.32. The van der Waals surface area contributed by atoms with Crippen molar-refractivity contribution in [3.8, 4) is 11.3 Å². The molecule has 0 spiro atoms. The van der Waals surface area contributed by atoms with Crippen molar-refractivity contribution in [3.63, 3.8) is 0 Å². The number of benzene rings is 2. The molecular weight excluding hydrogens is 380 g/mol. The van der Waals surface area contributed by atoms with Crippen LogP contribution in [0.25, 0.3) is 22.2 Å². The van der Waals surface area contributed by atoms with Crippen molar-refractivity contribution in [1.29, 1.82) is 0 Å². The van der Waals surface area contributed by atoms with Crippen LogP contribution in [0.4, 0.5) is 0 Å². The molecule has 1 aliphatic rings. The largest absolute Gasteiger partial charge is 0.361 e. The van der Waals surface area contributed by atoms with Crippen molar-refractivity contribution in [1.82, 2.24) is 20.1 Å². The summed E-state index contributed by atoms with van der Waals surface area (Å²) in [6.45, 7) is 5.28. The van der Waals surface area contributed by atoms with Crippen LogP contribution in [0.5, 0.6) is 0 Å². The Bertz CT molecular complexity index is 1120. The Labute approximate surface area is 175 Å². The molecule has 1 fully saturated rings. The Balaban J connectivity index is 1.27. The summed E-state index contributed by atoms with van der Waals surface area (Å²) < 4.78 is 0. The first-order valence-corrected chi connectivity index (χ1v) is 10.6. The molecule has 0 aliphatic carbocycles. The van der Waals surface area contributed by atoms with Crippen LogP contribution in [0.2, 0.25) is 5.02 Å². The number of H-pyrrole nitrogens is 2. The number of nitrogens with one attached hydrogen (secondary N) is 2. The fourth-order valence-electron chi connectivity index (χ4n) is 4.54. The highest BCUT2D eigenvalue weighted by Gasteiger charge is 2.23. The number of piperidine rings is 1. The second-order valence-corrected chi connectivity index (χ2v) is 8.56. The van der Waals surface area contributed by atoms with Gasteiger partial charge in [0.25, 0.3) is 0 Å². The molecule has 29 heavy (non-hydrogen) atoms. The third-order valence-electron chi connectivity index (χ3n) is 6.14. The zero-order valence-corrected chi connectivity index (χ0v) is 17.3. The standard InChI is InChI=1S/C24H25ClN4/c1-16-2-7-21-22(14-26-23(21)12-16)17-8-10-29(11-9-17)15-19-13-27-28-24(19)18-3-5-20(25)6-4-18/h2-7,12-14,17,26H,8-11,15H2,1H3,(H,27,28). The molecule has 4 nitrogen and oxygen atoms in total. The Morgan fingerprint density at radius 3 is 2.69 bits per heavy atom. The molecular formula is C24H25ClN4. The Hall–Kier alpha value is -2.56. The first-order chi connectivity index (χ1) is 14.2. The number of rotatable bonds is 4. The molecule has 0 bridgehead atoms. The number of fused-ring (bicyclic) bond motifs is 1. The Kier molecular flexibility index (Phi) is 4.90. The molecule has 0 saturated carbocycles. The predicted octanol–water partition coefficient (Wildman–Crippen LogP) is 5.90. The molecule has 5 rings (SSSR count). The van der Waals surface area contributed by atoms with E-state index in [2.05, 4.69) is 51.4 Å². The van der Waals surface area contributed by atoms with Gasteiger partial charge >= 0.3 is 0 Å². The Morgan fingerprint density at radius 1 is 1.10 bits per heavy atom. The van der Waals surface area contributed by atoms with Gasteiger partial charge in [-0.3, -0.25) is 10.00 Å². The van der Waals surface area contributed by atoms with E-state index in [0.717, 1.165) is 35.9 Å². The van der Waals surface area contributed by atoms with Crippen LogP contribution in [0.15, 0.2) is 54.9 Å². The highest BCUT2D eigenvalue weighted by molar-refractivity contribution is 6.30. The van der Waals surface area contributed by atoms with Gasteiger partial charge in [-0.25, -0.2) is 0 Å². The number of aromatic nitrogens is 3. The summed E-state index contributed by atoms with van der Waals surface area (Å²) in [7, 11) is 0. The van der Waals surface area contributed by atoms with Crippen molar-refractivity contribution in [3.05, 3.63) is 76.6 Å². The summed E-state index contributed by atoms with van der Waals surface area (Å²) in [5.41, 5.74) is 7.51. The average Bonchev–Trinajstić information content (AvgIpc) is 3.36. The summed E-state index contributed by atoms with van der Waals surface area (Å²) in [6, 6.07) is 14.7. The summed E-state index contributed by atoms with van der Waals surface area (Å²) >= 11 is 6.03. The molecule has 148 valence electrons. The van der Waals surface area contributed by atoms with E-state index in [1.807, 2.05) is 30.5 Å². The van der Waals surface area contributed by atoms with Gasteiger partial charge < -0.3 is 4.98 Å². The van der Waals surface area contributed by atoms with Gasteiger partial charge in [0.05, 0.1) is 11.9 Å². The Morgan fingerprint density at radius 2 is 1.90 bits per heavy atom. The normalized spacial score (nSPS) is 15.9. The van der Waals surface area contributed by atoms with Crippen molar-refractivity contribution < 1.29 is 0 Å². The van der Waals surface area contributed by atoms with Gasteiger partial charge in [-0.05, 0) is 73.7 Å². The minimum Gasteiger partial charge on any atom is -0.361 e. The summed E-state index contributed by atoms with van der Waals surface area (Å²) in [4.78, 5) is 6.01. The summed E-state index contributed by atoms with van der Waals surface area (Å²) in [5.74, 6) is 0.628. The molecule has 1 aliphatic heterocycles. The van der Waals surface area contributed by atoms with Crippen molar-refractivity contribution >= 4 is 22.5 Å². The van der Waals surface area contributed by atoms with Gasteiger partial charge in [0.1, 0.15) is 0 Å². The molecule has 4 aromatic rings. The van der Waals surface area contributed by atoms with Crippen LogP contribution >= 0.6 is 11.6 Å². The van der Waals surface area contributed by atoms with E-state index < -0.39 is 0 Å². The quantitative estimate of drug-likeness (QED) is 0.445. The van der Waals surface area contributed by atoms with E-state index in [1.54, 1.807) is 0 Å². The van der Waals surface area contributed by atoms with Crippen molar-refractivity contribution in [2.45, 2.75) is 32.2 Å². The third-order valence-corrected chi connectivity index (χ3v) is 6.39. The molecule has 0 unspecified atom stereocenters. The maximum absolute atomic E-state index is 6.03. The van der Waals surface area contributed by atoms with Crippen molar-refractivity contribution in [2.24, 2.45) is 0 Å². The van der Waals surface area contributed by atoms with Gasteiger partial charge in [0, 0.05) is 34.2 Å². The molecule has 0 amide bonds. The van der Waals surface area contributed by atoms with Gasteiger partial charge in [0.15, 0.2) is 0 Å². The molecule has 0 atom stereocenters. The lowest BCUT2D eigenvalue weighted by Crippen LogP contribution is -2.32. The van der Waals surface area contributed by atoms with Crippen LogP contribution in [0.3, 0.4) is 0 Å². The first kappa shape index (κ1) is 18.5. The molecule has 5 heteroatoms. The number of nitrogens with zero attached hydrogens (tertiary/aromatic N) is 2. The molecule has 1 saturated heterocycles. The second kappa shape index (κ2) is 7.69. The lowest BCUT2D eigenvalue weighted by atomic mass is 9.89. The zero-order chi connectivity index (χ0) is 19.8. The molecule has 0 radical (unpaired) electrons. The van der Waals surface area contributed by atoms with Crippen LogP contribution in [-0.4, -0.2) is 33.2 Å². The molecule has 2 aromatic heterocycles. The van der Waals surface area contributed by atoms with E-state index >= 15 is 0 Å². The van der Waals surface area contributed by atoms with E-state index in [-0.39, 0.29) is 0 Å². The zero-order valence-electron chi connectivity index (χ0n) is 16.6. The number of halogens is 1. The fourth-order valence-corrected chi connectivity index (χ4v) is 4.67. The third kappa shape index (κ3) is 3.70. The second-order valence-electron chi connectivity index (χ2n) is 8.12. The number of hydrogen-bond acceptors (Lipinski definition) is 2. The summed E-state index contributed by atoms with van der Waals surface area (Å²) in [6.07, 6.45) is 6.56. The van der Waals surface area contributed by atoms with Crippen LogP contribution < -0.4 is 0 Å². The van der Waals surface area contributed by atoms with Crippen molar-refractivity contribution in [2.75, 3.05) is 13.1 Å². The topological polar surface area (TPSA) is 47.7 Å².